The summed E-state index contributed by atoms with van der Waals surface area (Å²) in [5.41, 5.74) is 18.9. The Morgan fingerprint density at radius 3 is 2.64 bits per heavy atom. The Bertz CT molecular complexity index is 325. The fourth-order valence-corrected chi connectivity index (χ4v) is 1.52. The average molecular weight is 195 g/mol. The number of phenolic OH excluding ortho intramolecular Hbond substituents is 1. The van der Waals surface area contributed by atoms with E-state index in [1.807, 2.05) is 13.0 Å². The smallest absolute Gasteiger partial charge is 0.143 e. The SMILES string of the molecule is Cc1ccc(N)c(O)c1[C@H](N)CCN. The number of nitrogens with two attached hydrogens (primary N) is 3. The monoisotopic (exact) mass is 195 g/mol. The van der Waals surface area contributed by atoms with E-state index in [0.29, 0.717) is 24.2 Å². The number of anilines is 1. The minimum atomic E-state index is -0.247. The van der Waals surface area contributed by atoms with Gasteiger partial charge in [0, 0.05) is 11.6 Å². The van der Waals surface area contributed by atoms with Gasteiger partial charge < -0.3 is 22.3 Å². The van der Waals surface area contributed by atoms with E-state index < -0.39 is 0 Å². The van der Waals surface area contributed by atoms with Gasteiger partial charge in [-0.05, 0) is 31.5 Å². The Labute approximate surface area is 83.7 Å². The molecule has 0 aromatic heterocycles. The van der Waals surface area contributed by atoms with Gasteiger partial charge in [-0.2, -0.15) is 0 Å². The number of phenols is 1. The van der Waals surface area contributed by atoms with Gasteiger partial charge in [0.15, 0.2) is 0 Å². The van der Waals surface area contributed by atoms with Crippen LogP contribution in [0.15, 0.2) is 12.1 Å². The molecule has 1 atom stereocenters. The molecule has 1 aromatic carbocycles. The van der Waals surface area contributed by atoms with E-state index in [9.17, 15) is 5.11 Å². The molecule has 0 saturated carbocycles. The van der Waals surface area contributed by atoms with E-state index in [2.05, 4.69) is 0 Å². The van der Waals surface area contributed by atoms with Crippen LogP contribution in [0.1, 0.15) is 23.6 Å². The number of hydrogen-bond acceptors (Lipinski definition) is 4. The van der Waals surface area contributed by atoms with Gasteiger partial charge in [-0.15, -0.1) is 0 Å². The zero-order valence-electron chi connectivity index (χ0n) is 8.33. The van der Waals surface area contributed by atoms with Crippen LogP contribution in [-0.2, 0) is 0 Å². The molecule has 0 aliphatic carbocycles. The van der Waals surface area contributed by atoms with Crippen LogP contribution in [0.4, 0.5) is 5.69 Å². The predicted molar refractivity (Wildman–Crippen MR) is 57.9 cm³/mol. The summed E-state index contributed by atoms with van der Waals surface area (Å²) in [7, 11) is 0. The van der Waals surface area contributed by atoms with E-state index in [-0.39, 0.29) is 11.8 Å². The molecule has 0 spiro atoms. The van der Waals surface area contributed by atoms with Crippen molar-refractivity contribution in [2.75, 3.05) is 12.3 Å². The van der Waals surface area contributed by atoms with Crippen molar-refractivity contribution in [3.8, 4) is 5.75 Å². The van der Waals surface area contributed by atoms with Crippen molar-refractivity contribution in [2.24, 2.45) is 11.5 Å². The lowest BCUT2D eigenvalue weighted by Gasteiger charge is -2.16. The summed E-state index contributed by atoms with van der Waals surface area (Å²) in [6, 6.07) is 3.27. The van der Waals surface area contributed by atoms with Crippen LogP contribution in [0.25, 0.3) is 0 Å². The quantitative estimate of drug-likeness (QED) is 0.420. The largest absolute Gasteiger partial charge is 0.505 e. The van der Waals surface area contributed by atoms with E-state index in [1.54, 1.807) is 6.07 Å². The second kappa shape index (κ2) is 4.30. The van der Waals surface area contributed by atoms with Crippen molar-refractivity contribution in [2.45, 2.75) is 19.4 Å². The molecular weight excluding hydrogens is 178 g/mol. The molecule has 1 aromatic rings. The molecule has 1 rings (SSSR count). The average Bonchev–Trinajstić information content (AvgIpc) is 2.13. The van der Waals surface area contributed by atoms with Gasteiger partial charge >= 0.3 is 0 Å². The third-order valence-electron chi connectivity index (χ3n) is 2.31. The molecule has 4 heteroatoms. The van der Waals surface area contributed by atoms with E-state index >= 15 is 0 Å². The van der Waals surface area contributed by atoms with Crippen molar-refractivity contribution >= 4 is 5.69 Å². The van der Waals surface area contributed by atoms with E-state index in [1.165, 1.54) is 0 Å². The Hall–Kier alpha value is -1.26. The van der Waals surface area contributed by atoms with Crippen LogP contribution >= 0.6 is 0 Å². The first kappa shape index (κ1) is 10.8. The van der Waals surface area contributed by atoms with Gasteiger partial charge in [0.05, 0.1) is 5.69 Å². The summed E-state index contributed by atoms with van der Waals surface area (Å²) in [6.45, 7) is 2.39. The Morgan fingerprint density at radius 1 is 1.43 bits per heavy atom. The Balaban J connectivity index is 3.11. The standard InChI is InChI=1S/C10H17N3O/c1-6-2-3-8(13)10(14)9(6)7(12)4-5-11/h2-3,7,14H,4-5,11-13H2,1H3/t7-/m1/s1. The summed E-state index contributed by atoms with van der Waals surface area (Å²) in [6.07, 6.45) is 0.637. The first-order chi connectivity index (χ1) is 6.57. The summed E-state index contributed by atoms with van der Waals surface area (Å²) in [4.78, 5) is 0. The van der Waals surface area contributed by atoms with Gasteiger partial charge in [0.1, 0.15) is 5.75 Å². The zero-order chi connectivity index (χ0) is 10.7. The molecule has 0 aliphatic rings. The number of aromatic hydroxyl groups is 1. The minimum Gasteiger partial charge on any atom is -0.505 e. The minimum absolute atomic E-state index is 0.0888. The molecule has 7 N–H and O–H groups in total. The molecule has 0 saturated heterocycles. The van der Waals surface area contributed by atoms with Crippen molar-refractivity contribution in [1.29, 1.82) is 0 Å². The highest BCUT2D eigenvalue weighted by molar-refractivity contribution is 5.59. The van der Waals surface area contributed by atoms with Crippen molar-refractivity contribution in [3.63, 3.8) is 0 Å². The maximum Gasteiger partial charge on any atom is 0.143 e. The lowest BCUT2D eigenvalue weighted by molar-refractivity contribution is 0.461. The fraction of sp³-hybridized carbons (Fsp3) is 0.400. The maximum atomic E-state index is 9.73. The van der Waals surface area contributed by atoms with Crippen molar-refractivity contribution in [3.05, 3.63) is 23.3 Å². The molecule has 14 heavy (non-hydrogen) atoms. The molecule has 0 heterocycles. The van der Waals surface area contributed by atoms with Crippen LogP contribution < -0.4 is 17.2 Å². The van der Waals surface area contributed by atoms with E-state index in [4.69, 9.17) is 17.2 Å². The molecule has 4 nitrogen and oxygen atoms in total. The molecule has 0 amide bonds. The van der Waals surface area contributed by atoms with Crippen molar-refractivity contribution < 1.29 is 5.11 Å². The summed E-state index contributed by atoms with van der Waals surface area (Å²) in [5.74, 6) is 0.0888. The van der Waals surface area contributed by atoms with Crippen LogP contribution in [0.2, 0.25) is 0 Å². The third kappa shape index (κ3) is 1.97. The Kier molecular flexibility index (Phi) is 3.33. The molecule has 0 bridgehead atoms. The maximum absolute atomic E-state index is 9.73. The van der Waals surface area contributed by atoms with Gasteiger partial charge in [0.25, 0.3) is 0 Å². The summed E-state index contributed by atoms with van der Waals surface area (Å²) >= 11 is 0. The highest BCUT2D eigenvalue weighted by atomic mass is 16.3. The van der Waals surface area contributed by atoms with E-state index in [0.717, 1.165) is 5.56 Å². The Morgan fingerprint density at radius 2 is 2.07 bits per heavy atom. The zero-order valence-corrected chi connectivity index (χ0v) is 8.33. The van der Waals surface area contributed by atoms with Gasteiger partial charge in [0.2, 0.25) is 0 Å². The fourth-order valence-electron chi connectivity index (χ4n) is 1.52. The highest BCUT2D eigenvalue weighted by Gasteiger charge is 2.14. The van der Waals surface area contributed by atoms with Crippen LogP contribution in [0, 0.1) is 6.92 Å². The summed E-state index contributed by atoms with van der Waals surface area (Å²) < 4.78 is 0. The molecular formula is C10H17N3O. The van der Waals surface area contributed by atoms with Crippen LogP contribution in [0.3, 0.4) is 0 Å². The molecule has 0 unspecified atom stereocenters. The number of hydrogen-bond donors (Lipinski definition) is 4. The number of benzene rings is 1. The van der Waals surface area contributed by atoms with Crippen molar-refractivity contribution in [1.82, 2.24) is 0 Å². The third-order valence-corrected chi connectivity index (χ3v) is 2.31. The topological polar surface area (TPSA) is 98.3 Å². The van der Waals surface area contributed by atoms with Gasteiger partial charge in [-0.1, -0.05) is 6.07 Å². The number of aryl methyl sites for hydroxylation is 1. The first-order valence-corrected chi connectivity index (χ1v) is 4.61. The highest BCUT2D eigenvalue weighted by Crippen LogP contribution is 2.32. The second-order valence-corrected chi connectivity index (χ2v) is 3.42. The molecule has 78 valence electrons. The molecule has 0 radical (unpaired) electrons. The number of rotatable bonds is 3. The van der Waals surface area contributed by atoms with Crippen LogP contribution in [-0.4, -0.2) is 11.7 Å². The lowest BCUT2D eigenvalue weighted by Crippen LogP contribution is -2.16. The van der Waals surface area contributed by atoms with Gasteiger partial charge in [-0.3, -0.25) is 0 Å². The predicted octanol–water partition coefficient (Wildman–Crippen LogP) is 0.631. The molecule has 0 aliphatic heterocycles. The number of nitrogen functional groups attached to an aromatic ring is 1. The van der Waals surface area contributed by atoms with Crippen LogP contribution in [0.5, 0.6) is 5.75 Å². The van der Waals surface area contributed by atoms with Gasteiger partial charge in [-0.25, -0.2) is 0 Å². The lowest BCUT2D eigenvalue weighted by atomic mass is 9.97. The normalized spacial score (nSPS) is 12.8. The summed E-state index contributed by atoms with van der Waals surface area (Å²) in [5, 5.41) is 9.73. The second-order valence-electron chi connectivity index (χ2n) is 3.42. The first-order valence-electron chi connectivity index (χ1n) is 4.61. The molecule has 0 fully saturated rings.